The Hall–Kier alpha value is -2.01. The van der Waals surface area contributed by atoms with Gasteiger partial charge in [0, 0.05) is 24.7 Å². The van der Waals surface area contributed by atoms with Crippen molar-refractivity contribution in [1.82, 2.24) is 15.6 Å². The van der Waals surface area contributed by atoms with Crippen molar-refractivity contribution in [1.29, 1.82) is 0 Å². The maximum Gasteiger partial charge on any atom is 0.241 e. The van der Waals surface area contributed by atoms with Gasteiger partial charge in [-0.25, -0.2) is 0 Å². The molecule has 1 aliphatic rings. The van der Waals surface area contributed by atoms with Gasteiger partial charge < -0.3 is 20.4 Å². The molecule has 94 valence electrons. The quantitative estimate of drug-likeness (QED) is 0.737. The van der Waals surface area contributed by atoms with Crippen LogP contribution >= 0.6 is 0 Å². The van der Waals surface area contributed by atoms with Crippen LogP contribution in [0.2, 0.25) is 0 Å². The smallest absolute Gasteiger partial charge is 0.241 e. The van der Waals surface area contributed by atoms with Gasteiger partial charge in [0.1, 0.15) is 11.8 Å². The first kappa shape index (κ1) is 11.1. The van der Waals surface area contributed by atoms with Gasteiger partial charge >= 0.3 is 0 Å². The van der Waals surface area contributed by atoms with Crippen LogP contribution in [0.4, 0.5) is 0 Å². The van der Waals surface area contributed by atoms with E-state index in [1.54, 1.807) is 7.11 Å². The number of nitrogens with one attached hydrogen (secondary N) is 3. The fourth-order valence-electron chi connectivity index (χ4n) is 2.42. The number of ether oxygens (including phenoxy) is 1. The third-order valence-electron chi connectivity index (χ3n) is 3.28. The van der Waals surface area contributed by atoms with Crippen LogP contribution in [0.3, 0.4) is 0 Å². The number of piperazine rings is 1. The first-order valence-corrected chi connectivity index (χ1v) is 5.96. The van der Waals surface area contributed by atoms with Crippen molar-refractivity contribution in [3.8, 4) is 5.75 Å². The molecule has 3 N–H and O–H groups in total. The number of rotatable bonds is 2. The van der Waals surface area contributed by atoms with E-state index in [0.717, 1.165) is 28.8 Å². The fraction of sp³-hybridized carbons (Fsp3) is 0.308. The van der Waals surface area contributed by atoms with Gasteiger partial charge in [-0.1, -0.05) is 6.07 Å². The summed E-state index contributed by atoms with van der Waals surface area (Å²) in [6.07, 6.45) is 1.86. The normalized spacial score (nSPS) is 19.8. The number of H-pyrrole nitrogens is 1. The molecular formula is C13H15N3O2. The zero-order valence-electron chi connectivity index (χ0n) is 10.1. The molecule has 1 aromatic carbocycles. The Morgan fingerprint density at radius 2 is 2.17 bits per heavy atom. The van der Waals surface area contributed by atoms with E-state index >= 15 is 0 Å². The summed E-state index contributed by atoms with van der Waals surface area (Å²) in [6, 6.07) is 5.51. The zero-order chi connectivity index (χ0) is 12.5. The third kappa shape index (κ3) is 1.64. The lowest BCUT2D eigenvalue weighted by Gasteiger charge is -2.24. The lowest BCUT2D eigenvalue weighted by molar-refractivity contribution is -0.124. The van der Waals surface area contributed by atoms with Crippen molar-refractivity contribution in [2.45, 2.75) is 6.04 Å². The highest BCUT2D eigenvalue weighted by Crippen LogP contribution is 2.31. The van der Waals surface area contributed by atoms with Crippen LogP contribution in [-0.2, 0) is 4.79 Å². The standard InChI is InChI=1S/C13H15N3O2/c1-18-10-3-2-8(9-4-5-14-11(9)10)12-13(17)16-7-6-15-12/h2-5,12,14-15H,6-7H2,1H3,(H,16,17). The van der Waals surface area contributed by atoms with Gasteiger partial charge in [-0.15, -0.1) is 0 Å². The van der Waals surface area contributed by atoms with Gasteiger partial charge in [-0.05, 0) is 17.7 Å². The molecule has 1 saturated heterocycles. The molecule has 5 nitrogen and oxygen atoms in total. The number of benzene rings is 1. The molecule has 1 unspecified atom stereocenters. The Labute approximate surface area is 105 Å². The van der Waals surface area contributed by atoms with Gasteiger partial charge in [-0.3, -0.25) is 4.79 Å². The van der Waals surface area contributed by atoms with Crippen LogP contribution in [0.5, 0.6) is 5.75 Å². The minimum Gasteiger partial charge on any atom is -0.495 e. The average Bonchev–Trinajstić information content (AvgIpc) is 2.88. The molecule has 0 bridgehead atoms. The second-order valence-corrected chi connectivity index (χ2v) is 4.30. The van der Waals surface area contributed by atoms with Crippen LogP contribution in [0, 0.1) is 0 Å². The van der Waals surface area contributed by atoms with Crippen molar-refractivity contribution in [3.63, 3.8) is 0 Å². The Morgan fingerprint density at radius 1 is 1.28 bits per heavy atom. The molecule has 3 rings (SSSR count). The number of aromatic nitrogens is 1. The predicted molar refractivity (Wildman–Crippen MR) is 68.6 cm³/mol. The summed E-state index contributed by atoms with van der Waals surface area (Å²) < 4.78 is 5.30. The number of methoxy groups -OCH3 is 1. The maximum absolute atomic E-state index is 11.9. The monoisotopic (exact) mass is 245 g/mol. The molecule has 1 aliphatic heterocycles. The number of carbonyl (C=O) groups excluding carboxylic acids is 1. The molecule has 2 heterocycles. The van der Waals surface area contributed by atoms with Crippen molar-refractivity contribution >= 4 is 16.8 Å². The first-order chi connectivity index (χ1) is 8.81. The van der Waals surface area contributed by atoms with Crippen LogP contribution in [0.15, 0.2) is 24.4 Å². The van der Waals surface area contributed by atoms with E-state index in [-0.39, 0.29) is 11.9 Å². The molecule has 0 aliphatic carbocycles. The lowest BCUT2D eigenvalue weighted by Crippen LogP contribution is -2.47. The number of carbonyl (C=O) groups is 1. The van der Waals surface area contributed by atoms with E-state index in [4.69, 9.17) is 4.74 Å². The molecule has 5 heteroatoms. The third-order valence-corrected chi connectivity index (χ3v) is 3.28. The van der Waals surface area contributed by atoms with Crippen LogP contribution in [0.1, 0.15) is 11.6 Å². The van der Waals surface area contributed by atoms with Crippen LogP contribution in [0.25, 0.3) is 10.9 Å². The minimum absolute atomic E-state index is 0.0221. The summed E-state index contributed by atoms with van der Waals surface area (Å²) >= 11 is 0. The summed E-state index contributed by atoms with van der Waals surface area (Å²) in [6.45, 7) is 1.47. The highest BCUT2D eigenvalue weighted by atomic mass is 16.5. The van der Waals surface area contributed by atoms with E-state index in [0.29, 0.717) is 6.54 Å². The minimum atomic E-state index is -0.289. The molecule has 0 saturated carbocycles. The topological polar surface area (TPSA) is 66.2 Å². The average molecular weight is 245 g/mol. The SMILES string of the molecule is COc1ccc(C2NCCNC2=O)c2cc[nH]c12. The largest absolute Gasteiger partial charge is 0.495 e. The van der Waals surface area contributed by atoms with Crippen LogP contribution < -0.4 is 15.4 Å². The van der Waals surface area contributed by atoms with E-state index in [2.05, 4.69) is 15.6 Å². The summed E-state index contributed by atoms with van der Waals surface area (Å²) in [5, 5.41) is 7.13. The Morgan fingerprint density at radius 3 is 2.94 bits per heavy atom. The zero-order valence-corrected chi connectivity index (χ0v) is 10.1. The molecule has 1 fully saturated rings. The maximum atomic E-state index is 11.9. The van der Waals surface area contributed by atoms with Gasteiger partial charge in [0.2, 0.25) is 5.91 Å². The molecule has 2 aromatic rings. The van der Waals surface area contributed by atoms with Crippen molar-refractivity contribution < 1.29 is 9.53 Å². The van der Waals surface area contributed by atoms with E-state index < -0.39 is 0 Å². The Kier molecular flexibility index (Phi) is 2.68. The molecule has 0 spiro atoms. The molecule has 1 amide bonds. The summed E-state index contributed by atoms with van der Waals surface area (Å²) in [4.78, 5) is 15.0. The second-order valence-electron chi connectivity index (χ2n) is 4.30. The van der Waals surface area contributed by atoms with Gasteiger partial charge in [0.25, 0.3) is 0 Å². The van der Waals surface area contributed by atoms with Gasteiger partial charge in [0.05, 0.1) is 12.6 Å². The molecule has 0 radical (unpaired) electrons. The number of amides is 1. The van der Waals surface area contributed by atoms with Gasteiger partial charge in [0.15, 0.2) is 0 Å². The highest BCUT2D eigenvalue weighted by molar-refractivity contribution is 5.94. The number of hydrogen-bond donors (Lipinski definition) is 3. The van der Waals surface area contributed by atoms with Crippen LogP contribution in [-0.4, -0.2) is 31.1 Å². The number of aromatic amines is 1. The van der Waals surface area contributed by atoms with Crippen molar-refractivity contribution in [2.75, 3.05) is 20.2 Å². The van der Waals surface area contributed by atoms with E-state index in [9.17, 15) is 4.79 Å². The second kappa shape index (κ2) is 4.34. The molecule has 1 atom stereocenters. The lowest BCUT2D eigenvalue weighted by atomic mass is 10.00. The summed E-state index contributed by atoms with van der Waals surface area (Å²) in [5.41, 5.74) is 1.90. The number of hydrogen-bond acceptors (Lipinski definition) is 3. The fourth-order valence-corrected chi connectivity index (χ4v) is 2.42. The Balaban J connectivity index is 2.12. The van der Waals surface area contributed by atoms with Crippen molar-refractivity contribution in [3.05, 3.63) is 30.0 Å². The molecule has 1 aromatic heterocycles. The molecular weight excluding hydrogens is 230 g/mol. The van der Waals surface area contributed by atoms with Crippen molar-refractivity contribution in [2.24, 2.45) is 0 Å². The van der Waals surface area contributed by atoms with E-state index in [1.165, 1.54) is 0 Å². The highest BCUT2D eigenvalue weighted by Gasteiger charge is 2.25. The van der Waals surface area contributed by atoms with E-state index in [1.807, 2.05) is 24.4 Å². The Bertz CT molecular complexity index is 591. The number of fused-ring (bicyclic) bond motifs is 1. The predicted octanol–water partition coefficient (Wildman–Crippen LogP) is 0.937. The molecule has 18 heavy (non-hydrogen) atoms. The summed E-state index contributed by atoms with van der Waals surface area (Å²) in [7, 11) is 1.64. The van der Waals surface area contributed by atoms with Gasteiger partial charge in [-0.2, -0.15) is 0 Å². The first-order valence-electron chi connectivity index (χ1n) is 5.96. The summed E-state index contributed by atoms with van der Waals surface area (Å²) in [5.74, 6) is 0.809.